The predicted molar refractivity (Wildman–Crippen MR) is 78.1 cm³/mol. The number of para-hydroxylation sites is 1. The molecule has 0 radical (unpaired) electrons. The Morgan fingerprint density at radius 2 is 2.15 bits per heavy atom. The number of amides is 1. The second kappa shape index (κ2) is 6.16. The Hall–Kier alpha value is -1.71. The van der Waals surface area contributed by atoms with E-state index in [0.29, 0.717) is 12.5 Å². The molecule has 0 saturated heterocycles. The zero-order valence-electron chi connectivity index (χ0n) is 12.4. The Balaban J connectivity index is 1.82. The van der Waals surface area contributed by atoms with Crippen LogP contribution in [0.25, 0.3) is 0 Å². The van der Waals surface area contributed by atoms with Gasteiger partial charge in [0, 0.05) is 6.54 Å². The van der Waals surface area contributed by atoms with Crippen molar-refractivity contribution >= 4 is 6.09 Å². The summed E-state index contributed by atoms with van der Waals surface area (Å²) in [6.45, 7) is 6.95. The van der Waals surface area contributed by atoms with E-state index in [-0.39, 0.29) is 6.09 Å². The Morgan fingerprint density at radius 3 is 2.90 bits per heavy atom. The summed E-state index contributed by atoms with van der Waals surface area (Å²) in [7, 11) is 0. The van der Waals surface area contributed by atoms with Crippen LogP contribution in [-0.4, -0.2) is 24.8 Å². The number of nitrogens with one attached hydrogen (secondary N) is 1. The third kappa shape index (κ3) is 4.15. The number of carbonyl (C=O) groups is 1. The number of hydrogen-bond donors (Lipinski definition) is 1. The van der Waals surface area contributed by atoms with Gasteiger partial charge in [0.25, 0.3) is 0 Å². The molecule has 0 spiro atoms. The highest BCUT2D eigenvalue weighted by molar-refractivity contribution is 5.67. The van der Waals surface area contributed by atoms with Crippen LogP contribution in [0.1, 0.15) is 45.1 Å². The van der Waals surface area contributed by atoms with Crippen LogP contribution >= 0.6 is 0 Å². The highest BCUT2D eigenvalue weighted by Crippen LogP contribution is 2.35. The van der Waals surface area contributed by atoms with Crippen molar-refractivity contribution in [2.24, 2.45) is 0 Å². The van der Waals surface area contributed by atoms with E-state index in [0.717, 1.165) is 25.2 Å². The first-order chi connectivity index (χ1) is 9.46. The quantitative estimate of drug-likeness (QED) is 0.920. The third-order valence-corrected chi connectivity index (χ3v) is 3.24. The van der Waals surface area contributed by atoms with Gasteiger partial charge in [0.1, 0.15) is 11.4 Å². The van der Waals surface area contributed by atoms with Gasteiger partial charge in [-0.25, -0.2) is 4.79 Å². The lowest BCUT2D eigenvalue weighted by Gasteiger charge is -2.26. The van der Waals surface area contributed by atoms with Crippen LogP contribution in [0.5, 0.6) is 5.75 Å². The smallest absolute Gasteiger partial charge is 0.407 e. The van der Waals surface area contributed by atoms with E-state index < -0.39 is 5.60 Å². The topological polar surface area (TPSA) is 47.6 Å². The molecule has 0 aromatic heterocycles. The zero-order chi connectivity index (χ0) is 14.6. The van der Waals surface area contributed by atoms with Crippen molar-refractivity contribution in [1.82, 2.24) is 5.32 Å². The van der Waals surface area contributed by atoms with Gasteiger partial charge in [0.2, 0.25) is 0 Å². The fourth-order valence-corrected chi connectivity index (χ4v) is 2.38. The molecule has 4 heteroatoms. The van der Waals surface area contributed by atoms with Gasteiger partial charge in [-0.05, 0) is 51.2 Å². The predicted octanol–water partition coefficient (Wildman–Crippen LogP) is 3.47. The molecule has 0 bridgehead atoms. The van der Waals surface area contributed by atoms with Gasteiger partial charge in [-0.3, -0.25) is 0 Å². The van der Waals surface area contributed by atoms with Crippen molar-refractivity contribution in [2.75, 3.05) is 13.2 Å². The molecule has 2 rings (SSSR count). The third-order valence-electron chi connectivity index (χ3n) is 3.24. The van der Waals surface area contributed by atoms with E-state index in [1.165, 1.54) is 5.56 Å². The van der Waals surface area contributed by atoms with Crippen molar-refractivity contribution in [3.05, 3.63) is 29.8 Å². The van der Waals surface area contributed by atoms with Crippen LogP contribution in [0, 0.1) is 0 Å². The van der Waals surface area contributed by atoms with E-state index in [9.17, 15) is 4.79 Å². The average molecular weight is 277 g/mol. The summed E-state index contributed by atoms with van der Waals surface area (Å²) in [6, 6.07) is 8.12. The van der Waals surface area contributed by atoms with Crippen LogP contribution in [0.2, 0.25) is 0 Å². The minimum Gasteiger partial charge on any atom is -0.493 e. The van der Waals surface area contributed by atoms with Gasteiger partial charge in [-0.1, -0.05) is 18.2 Å². The van der Waals surface area contributed by atoms with E-state index in [1.807, 2.05) is 39.0 Å². The van der Waals surface area contributed by atoms with Crippen LogP contribution < -0.4 is 10.1 Å². The summed E-state index contributed by atoms with van der Waals surface area (Å²) in [4.78, 5) is 11.6. The maximum atomic E-state index is 11.6. The van der Waals surface area contributed by atoms with Crippen LogP contribution in [0.3, 0.4) is 0 Å². The maximum absolute atomic E-state index is 11.6. The molecular weight excluding hydrogens is 254 g/mol. The first kappa shape index (κ1) is 14.7. The van der Waals surface area contributed by atoms with Crippen LogP contribution in [-0.2, 0) is 4.74 Å². The number of hydrogen-bond acceptors (Lipinski definition) is 3. The van der Waals surface area contributed by atoms with E-state index in [4.69, 9.17) is 9.47 Å². The number of benzene rings is 1. The molecule has 1 aromatic rings. The van der Waals surface area contributed by atoms with Gasteiger partial charge in [0.15, 0.2) is 0 Å². The number of rotatable bonds is 3. The van der Waals surface area contributed by atoms with Crippen molar-refractivity contribution in [3.63, 3.8) is 0 Å². The molecule has 1 aromatic carbocycles. The molecule has 1 aliphatic heterocycles. The molecule has 1 aliphatic rings. The second-order valence-corrected chi connectivity index (χ2v) is 6.09. The minimum absolute atomic E-state index is 0.349. The minimum atomic E-state index is -0.449. The standard InChI is InChI=1S/C16H23NO3/c1-16(2,3)20-15(18)17-10-8-12-9-11-19-14-7-5-4-6-13(12)14/h4-7,12H,8-11H2,1-3H3,(H,17,18). The summed E-state index contributed by atoms with van der Waals surface area (Å²) in [5, 5.41) is 2.82. The Morgan fingerprint density at radius 1 is 1.40 bits per heavy atom. The number of alkyl carbamates (subject to hydrolysis) is 1. The van der Waals surface area contributed by atoms with Crippen molar-refractivity contribution < 1.29 is 14.3 Å². The summed E-state index contributed by atoms with van der Waals surface area (Å²) < 4.78 is 10.9. The largest absolute Gasteiger partial charge is 0.493 e. The van der Waals surface area contributed by atoms with Gasteiger partial charge in [-0.2, -0.15) is 0 Å². The summed E-state index contributed by atoms with van der Waals surface area (Å²) >= 11 is 0. The number of fused-ring (bicyclic) bond motifs is 1. The number of carbonyl (C=O) groups excluding carboxylic acids is 1. The van der Waals surface area contributed by atoms with Crippen LogP contribution in [0.4, 0.5) is 4.79 Å². The van der Waals surface area contributed by atoms with Gasteiger partial charge >= 0.3 is 6.09 Å². The highest BCUT2D eigenvalue weighted by Gasteiger charge is 2.21. The number of ether oxygens (including phenoxy) is 2. The molecule has 0 fully saturated rings. The van der Waals surface area contributed by atoms with E-state index in [1.54, 1.807) is 0 Å². The van der Waals surface area contributed by atoms with Crippen molar-refractivity contribution in [2.45, 2.75) is 45.1 Å². The van der Waals surface area contributed by atoms with Crippen molar-refractivity contribution in [3.8, 4) is 5.75 Å². The van der Waals surface area contributed by atoms with Gasteiger partial charge in [-0.15, -0.1) is 0 Å². The highest BCUT2D eigenvalue weighted by atomic mass is 16.6. The Bertz CT molecular complexity index is 465. The van der Waals surface area contributed by atoms with Gasteiger partial charge in [0.05, 0.1) is 6.61 Å². The van der Waals surface area contributed by atoms with E-state index in [2.05, 4.69) is 11.4 Å². The molecular formula is C16H23NO3. The fourth-order valence-electron chi connectivity index (χ4n) is 2.38. The molecule has 1 heterocycles. The lowest BCUT2D eigenvalue weighted by atomic mass is 9.90. The molecule has 0 saturated carbocycles. The molecule has 4 nitrogen and oxygen atoms in total. The van der Waals surface area contributed by atoms with Crippen LogP contribution in [0.15, 0.2) is 24.3 Å². The lowest BCUT2D eigenvalue weighted by molar-refractivity contribution is 0.0526. The molecule has 1 N–H and O–H groups in total. The molecule has 1 amide bonds. The molecule has 0 aliphatic carbocycles. The molecule has 110 valence electrons. The monoisotopic (exact) mass is 277 g/mol. The normalized spacial score (nSPS) is 17.9. The maximum Gasteiger partial charge on any atom is 0.407 e. The first-order valence-corrected chi connectivity index (χ1v) is 7.14. The Kier molecular flexibility index (Phi) is 4.53. The average Bonchev–Trinajstić information content (AvgIpc) is 2.37. The SMILES string of the molecule is CC(C)(C)OC(=O)NCCC1CCOc2ccccc21. The van der Waals surface area contributed by atoms with Crippen molar-refractivity contribution in [1.29, 1.82) is 0 Å². The fraction of sp³-hybridized carbons (Fsp3) is 0.562. The summed E-state index contributed by atoms with van der Waals surface area (Å²) in [5.41, 5.74) is 0.791. The van der Waals surface area contributed by atoms with Gasteiger partial charge < -0.3 is 14.8 Å². The lowest BCUT2D eigenvalue weighted by Crippen LogP contribution is -2.33. The Labute approximate surface area is 120 Å². The first-order valence-electron chi connectivity index (χ1n) is 7.14. The zero-order valence-corrected chi connectivity index (χ0v) is 12.4. The second-order valence-electron chi connectivity index (χ2n) is 6.09. The molecule has 1 unspecified atom stereocenters. The summed E-state index contributed by atoms with van der Waals surface area (Å²) in [5.74, 6) is 1.41. The summed E-state index contributed by atoms with van der Waals surface area (Å²) in [6.07, 6.45) is 1.55. The molecule has 1 atom stereocenters. The van der Waals surface area contributed by atoms with E-state index >= 15 is 0 Å². The molecule has 20 heavy (non-hydrogen) atoms.